The molecule has 23 heavy (non-hydrogen) atoms. The summed E-state index contributed by atoms with van der Waals surface area (Å²) in [5.74, 6) is 0.263. The van der Waals surface area contributed by atoms with Crippen LogP contribution in [0, 0.1) is 12.8 Å². The topological polar surface area (TPSA) is 61.3 Å². The smallest absolute Gasteiger partial charge is 0.280 e. The number of benzene rings is 1. The van der Waals surface area contributed by atoms with Crippen LogP contribution in [-0.4, -0.2) is 18.7 Å². The molecule has 3 aromatic rings. The highest BCUT2D eigenvalue weighted by molar-refractivity contribution is 6.31. The van der Waals surface area contributed by atoms with E-state index in [2.05, 4.69) is 5.10 Å². The predicted molar refractivity (Wildman–Crippen MR) is 89.6 cm³/mol. The van der Waals surface area contributed by atoms with Gasteiger partial charge in [-0.3, -0.25) is 9.36 Å². The zero-order valence-electron chi connectivity index (χ0n) is 13.2. The summed E-state index contributed by atoms with van der Waals surface area (Å²) in [6, 6.07) is 5.33. The molecule has 6 nitrogen and oxygen atoms in total. The van der Waals surface area contributed by atoms with E-state index in [0.717, 1.165) is 5.56 Å². The van der Waals surface area contributed by atoms with Crippen molar-refractivity contribution in [2.45, 2.75) is 27.3 Å². The lowest BCUT2D eigenvalue weighted by atomic mass is 10.2. The van der Waals surface area contributed by atoms with Gasteiger partial charge in [0.2, 0.25) is 5.65 Å². The van der Waals surface area contributed by atoms with Gasteiger partial charge < -0.3 is 0 Å². The fraction of sp³-hybridized carbons (Fsp3) is 0.312. The van der Waals surface area contributed by atoms with Crippen LogP contribution in [0.25, 0.3) is 11.3 Å². The number of hydrogen-bond donors (Lipinski definition) is 0. The average molecular weight is 333 g/mol. The minimum Gasteiger partial charge on any atom is -0.280 e. The molecule has 0 spiro atoms. The third-order valence-corrected chi connectivity index (χ3v) is 4.03. The second-order valence-electron chi connectivity index (χ2n) is 5.96. The van der Waals surface area contributed by atoms with Gasteiger partial charge in [0.25, 0.3) is 0 Å². The molecule has 120 valence electrons. The third-order valence-electron chi connectivity index (χ3n) is 3.60. The van der Waals surface area contributed by atoms with Gasteiger partial charge in [-0.15, -0.1) is 5.10 Å². The van der Waals surface area contributed by atoms with Gasteiger partial charge >= 0.3 is 11.2 Å². The zero-order chi connectivity index (χ0) is 16.7. The number of rotatable bonds is 3. The summed E-state index contributed by atoms with van der Waals surface area (Å²) >= 11 is 6.03. The summed E-state index contributed by atoms with van der Waals surface area (Å²) in [5.41, 5.74) is 1.04. The lowest BCUT2D eigenvalue weighted by Gasteiger charge is -2.07. The lowest BCUT2D eigenvalue weighted by Crippen LogP contribution is -2.25. The van der Waals surface area contributed by atoms with Crippen molar-refractivity contribution in [1.29, 1.82) is 0 Å². The van der Waals surface area contributed by atoms with Crippen molar-refractivity contribution in [3.05, 3.63) is 62.0 Å². The van der Waals surface area contributed by atoms with Crippen molar-refractivity contribution in [3.8, 4) is 5.69 Å². The highest BCUT2D eigenvalue weighted by Gasteiger charge is 2.13. The molecule has 0 amide bonds. The molecule has 0 atom stereocenters. The Balaban J connectivity index is 2.21. The third kappa shape index (κ3) is 2.70. The predicted octanol–water partition coefficient (Wildman–Crippen LogP) is 2.26. The Morgan fingerprint density at radius 3 is 2.61 bits per heavy atom. The fourth-order valence-electron chi connectivity index (χ4n) is 2.46. The molecule has 0 radical (unpaired) electrons. The van der Waals surface area contributed by atoms with Gasteiger partial charge in [0.15, 0.2) is 0 Å². The van der Waals surface area contributed by atoms with E-state index in [1.54, 1.807) is 24.5 Å². The van der Waals surface area contributed by atoms with Crippen LogP contribution in [0.15, 0.2) is 40.2 Å². The van der Waals surface area contributed by atoms with Crippen molar-refractivity contribution in [2.24, 2.45) is 5.92 Å². The molecule has 0 bridgehead atoms. The Morgan fingerprint density at radius 2 is 1.96 bits per heavy atom. The first-order valence-corrected chi connectivity index (χ1v) is 7.73. The summed E-state index contributed by atoms with van der Waals surface area (Å²) in [6.45, 7) is 6.33. The minimum absolute atomic E-state index is 0.116. The van der Waals surface area contributed by atoms with E-state index in [4.69, 9.17) is 11.6 Å². The SMILES string of the molecule is Cc1cc(-n2ccn3c(=O)n(CC(C)C)nc3c2=O)ccc1Cl. The van der Waals surface area contributed by atoms with Crippen molar-refractivity contribution in [1.82, 2.24) is 18.7 Å². The number of halogens is 1. The van der Waals surface area contributed by atoms with Crippen molar-refractivity contribution in [2.75, 3.05) is 0 Å². The van der Waals surface area contributed by atoms with E-state index in [0.29, 0.717) is 17.3 Å². The van der Waals surface area contributed by atoms with Crippen LogP contribution in [0.3, 0.4) is 0 Å². The number of fused-ring (bicyclic) bond motifs is 1. The van der Waals surface area contributed by atoms with Gasteiger partial charge in [0, 0.05) is 29.6 Å². The molecule has 0 saturated heterocycles. The number of aryl methyl sites for hydroxylation is 1. The van der Waals surface area contributed by atoms with Crippen LogP contribution in [0.2, 0.25) is 5.02 Å². The lowest BCUT2D eigenvalue weighted by molar-refractivity contribution is 0.471. The first kappa shape index (κ1) is 15.6. The quantitative estimate of drug-likeness (QED) is 0.739. The van der Waals surface area contributed by atoms with E-state index in [1.807, 2.05) is 26.8 Å². The summed E-state index contributed by atoms with van der Waals surface area (Å²) in [7, 11) is 0. The maximum Gasteiger partial charge on any atom is 0.350 e. The number of aromatic nitrogens is 4. The largest absolute Gasteiger partial charge is 0.350 e. The Hall–Kier alpha value is -2.34. The molecule has 0 aliphatic heterocycles. The van der Waals surface area contributed by atoms with Gasteiger partial charge in [-0.25, -0.2) is 13.9 Å². The van der Waals surface area contributed by atoms with E-state index >= 15 is 0 Å². The van der Waals surface area contributed by atoms with E-state index in [1.165, 1.54) is 13.6 Å². The van der Waals surface area contributed by atoms with Crippen molar-refractivity contribution >= 4 is 17.2 Å². The van der Waals surface area contributed by atoms with Crippen LogP contribution >= 0.6 is 11.6 Å². The summed E-state index contributed by atoms with van der Waals surface area (Å²) in [5, 5.41) is 4.82. The highest BCUT2D eigenvalue weighted by Crippen LogP contribution is 2.18. The number of nitrogens with zero attached hydrogens (tertiary/aromatic N) is 4. The molecule has 7 heteroatoms. The molecule has 0 unspecified atom stereocenters. The Morgan fingerprint density at radius 1 is 1.22 bits per heavy atom. The molecule has 2 heterocycles. The van der Waals surface area contributed by atoms with Crippen molar-refractivity contribution in [3.63, 3.8) is 0 Å². The molecule has 1 aromatic carbocycles. The van der Waals surface area contributed by atoms with Crippen LogP contribution in [0.4, 0.5) is 0 Å². The maximum atomic E-state index is 12.7. The molecule has 3 rings (SSSR count). The van der Waals surface area contributed by atoms with Crippen molar-refractivity contribution < 1.29 is 0 Å². The minimum atomic E-state index is -0.339. The Kier molecular flexibility index (Phi) is 3.85. The fourth-order valence-corrected chi connectivity index (χ4v) is 2.57. The Bertz CT molecular complexity index is 997. The van der Waals surface area contributed by atoms with Gasteiger partial charge in [-0.1, -0.05) is 25.4 Å². The maximum absolute atomic E-state index is 12.7. The molecule has 0 saturated carbocycles. The standard InChI is InChI=1S/C16H17ClN4O2/c1-10(2)9-21-16(23)20-7-6-19(15(22)14(20)18-21)12-4-5-13(17)11(3)8-12/h4-8,10H,9H2,1-3H3. The molecular weight excluding hydrogens is 316 g/mol. The van der Waals surface area contributed by atoms with Crippen LogP contribution < -0.4 is 11.2 Å². The first-order chi connectivity index (χ1) is 10.9. The molecule has 2 aromatic heterocycles. The normalized spacial score (nSPS) is 11.5. The summed E-state index contributed by atoms with van der Waals surface area (Å²) in [4.78, 5) is 24.9. The van der Waals surface area contributed by atoms with E-state index < -0.39 is 0 Å². The van der Waals surface area contributed by atoms with Gasteiger partial charge in [-0.05, 0) is 36.6 Å². The van der Waals surface area contributed by atoms with E-state index in [-0.39, 0.29) is 22.8 Å². The summed E-state index contributed by atoms with van der Waals surface area (Å²) in [6.07, 6.45) is 3.13. The second-order valence-corrected chi connectivity index (χ2v) is 6.37. The zero-order valence-corrected chi connectivity index (χ0v) is 13.9. The van der Waals surface area contributed by atoms with Gasteiger partial charge in [0.1, 0.15) is 0 Å². The highest BCUT2D eigenvalue weighted by atomic mass is 35.5. The number of hydrogen-bond acceptors (Lipinski definition) is 3. The monoisotopic (exact) mass is 332 g/mol. The Labute approximate surface area is 137 Å². The van der Waals surface area contributed by atoms with Crippen LogP contribution in [0.5, 0.6) is 0 Å². The van der Waals surface area contributed by atoms with E-state index in [9.17, 15) is 9.59 Å². The molecule has 0 fully saturated rings. The second kappa shape index (κ2) is 5.70. The van der Waals surface area contributed by atoms with Gasteiger partial charge in [-0.2, -0.15) is 0 Å². The van der Waals surface area contributed by atoms with Gasteiger partial charge in [0.05, 0.1) is 0 Å². The van der Waals surface area contributed by atoms with Crippen LogP contribution in [0.1, 0.15) is 19.4 Å². The molecular formula is C16H17ClN4O2. The average Bonchev–Trinajstić information content (AvgIpc) is 2.80. The molecule has 0 aliphatic carbocycles. The van der Waals surface area contributed by atoms with Crippen LogP contribution in [-0.2, 0) is 6.54 Å². The molecule has 0 N–H and O–H groups in total. The summed E-state index contributed by atoms with van der Waals surface area (Å²) < 4.78 is 4.08. The molecule has 0 aliphatic rings. The first-order valence-electron chi connectivity index (χ1n) is 7.36.